The number of esters is 1. The van der Waals surface area contributed by atoms with Crippen molar-refractivity contribution >= 4 is 18.0 Å². The lowest BCUT2D eigenvalue weighted by atomic mass is 10.1. The molecule has 8 heteroatoms. The lowest BCUT2D eigenvalue weighted by molar-refractivity contribution is -0.169. The maximum atomic E-state index is 11.9. The Hall–Kier alpha value is -1.83. The second kappa shape index (κ2) is 10.9. The molecule has 25 heavy (non-hydrogen) atoms. The Morgan fingerprint density at radius 2 is 1.76 bits per heavy atom. The normalized spacial score (nSPS) is 12.5. The van der Waals surface area contributed by atoms with Gasteiger partial charge in [0.15, 0.2) is 0 Å². The monoisotopic (exact) mass is 360 g/mol. The molecule has 1 atom stereocenters. The SMILES string of the molecule is CON(C)C(=O)CC[C@@H](CC(=O)OCC(C)C)NC(=O)OC(C)(C)C. The smallest absolute Gasteiger partial charge is 0.407 e. The summed E-state index contributed by atoms with van der Waals surface area (Å²) in [5, 5.41) is 3.73. The molecule has 2 amide bonds. The van der Waals surface area contributed by atoms with Crippen LogP contribution in [-0.4, -0.2) is 55.4 Å². The number of ether oxygens (including phenoxy) is 2. The van der Waals surface area contributed by atoms with E-state index in [2.05, 4.69) is 5.32 Å². The third kappa shape index (κ3) is 12.2. The van der Waals surface area contributed by atoms with Gasteiger partial charge in [-0.15, -0.1) is 0 Å². The predicted octanol–water partition coefficient (Wildman–Crippen LogP) is 2.27. The van der Waals surface area contributed by atoms with E-state index in [1.54, 1.807) is 20.8 Å². The third-order valence-corrected chi connectivity index (χ3v) is 3.04. The number of rotatable bonds is 9. The lowest BCUT2D eigenvalue weighted by Gasteiger charge is -2.24. The van der Waals surface area contributed by atoms with E-state index >= 15 is 0 Å². The van der Waals surface area contributed by atoms with Crippen molar-refractivity contribution in [2.75, 3.05) is 20.8 Å². The molecule has 0 radical (unpaired) electrons. The van der Waals surface area contributed by atoms with Gasteiger partial charge in [-0.25, -0.2) is 9.86 Å². The average Bonchev–Trinajstić information content (AvgIpc) is 2.47. The number of hydroxylamine groups is 2. The molecule has 146 valence electrons. The van der Waals surface area contributed by atoms with E-state index in [0.29, 0.717) is 6.61 Å². The summed E-state index contributed by atoms with van der Waals surface area (Å²) in [6.07, 6.45) is -0.289. The maximum Gasteiger partial charge on any atom is 0.407 e. The van der Waals surface area contributed by atoms with Crippen LogP contribution in [0.15, 0.2) is 0 Å². The highest BCUT2D eigenvalue weighted by Crippen LogP contribution is 2.10. The molecule has 0 heterocycles. The summed E-state index contributed by atoms with van der Waals surface area (Å²) >= 11 is 0. The Morgan fingerprint density at radius 3 is 2.24 bits per heavy atom. The van der Waals surface area contributed by atoms with Gasteiger partial charge in [0.1, 0.15) is 5.60 Å². The van der Waals surface area contributed by atoms with Crippen LogP contribution in [0.25, 0.3) is 0 Å². The van der Waals surface area contributed by atoms with Gasteiger partial charge in [-0.1, -0.05) is 13.8 Å². The summed E-state index contributed by atoms with van der Waals surface area (Å²) < 4.78 is 10.3. The van der Waals surface area contributed by atoms with Crippen molar-refractivity contribution in [1.29, 1.82) is 0 Å². The Kier molecular flexibility index (Phi) is 10.1. The van der Waals surface area contributed by atoms with Gasteiger partial charge in [-0.3, -0.25) is 14.4 Å². The van der Waals surface area contributed by atoms with E-state index in [1.165, 1.54) is 14.2 Å². The Balaban J connectivity index is 4.72. The second-order valence-corrected chi connectivity index (χ2v) is 7.24. The van der Waals surface area contributed by atoms with Gasteiger partial charge < -0.3 is 14.8 Å². The van der Waals surface area contributed by atoms with Crippen molar-refractivity contribution in [3.8, 4) is 0 Å². The molecule has 0 spiro atoms. The van der Waals surface area contributed by atoms with Crippen molar-refractivity contribution in [3.05, 3.63) is 0 Å². The fraction of sp³-hybridized carbons (Fsp3) is 0.824. The van der Waals surface area contributed by atoms with E-state index in [1.807, 2.05) is 13.8 Å². The topological polar surface area (TPSA) is 94.2 Å². The van der Waals surface area contributed by atoms with Crippen molar-refractivity contribution in [3.63, 3.8) is 0 Å². The first-order chi connectivity index (χ1) is 11.4. The van der Waals surface area contributed by atoms with Gasteiger partial charge in [0.2, 0.25) is 5.91 Å². The molecule has 0 aromatic heterocycles. The van der Waals surface area contributed by atoms with Gasteiger partial charge in [0, 0.05) is 19.5 Å². The van der Waals surface area contributed by atoms with E-state index in [-0.39, 0.29) is 31.1 Å². The van der Waals surface area contributed by atoms with Crippen LogP contribution in [0.3, 0.4) is 0 Å². The van der Waals surface area contributed by atoms with Crippen molar-refractivity contribution < 1.29 is 28.7 Å². The largest absolute Gasteiger partial charge is 0.465 e. The number of hydrogen-bond donors (Lipinski definition) is 1. The lowest BCUT2D eigenvalue weighted by Crippen LogP contribution is -2.41. The fourth-order valence-corrected chi connectivity index (χ4v) is 1.78. The van der Waals surface area contributed by atoms with Crippen LogP contribution in [-0.2, 0) is 23.9 Å². The molecule has 0 bridgehead atoms. The molecule has 8 nitrogen and oxygen atoms in total. The van der Waals surface area contributed by atoms with Gasteiger partial charge in [0.25, 0.3) is 0 Å². The standard InChI is InChI=1S/C17H32N2O6/c1-12(2)11-24-15(21)10-13(8-9-14(20)19(6)23-7)18-16(22)25-17(3,4)5/h12-13H,8-11H2,1-7H3,(H,18,22)/t13-/m0/s1. The van der Waals surface area contributed by atoms with Gasteiger partial charge in [0.05, 0.1) is 20.1 Å². The number of carbonyl (C=O) groups is 3. The van der Waals surface area contributed by atoms with Crippen molar-refractivity contribution in [2.24, 2.45) is 5.92 Å². The third-order valence-electron chi connectivity index (χ3n) is 3.04. The highest BCUT2D eigenvalue weighted by Gasteiger charge is 2.23. The highest BCUT2D eigenvalue weighted by molar-refractivity contribution is 5.76. The van der Waals surface area contributed by atoms with Gasteiger partial charge in [-0.2, -0.15) is 0 Å². The first-order valence-electron chi connectivity index (χ1n) is 8.40. The minimum atomic E-state index is -0.654. The molecular weight excluding hydrogens is 328 g/mol. The van der Waals surface area contributed by atoms with Crippen LogP contribution in [0.1, 0.15) is 53.9 Å². The summed E-state index contributed by atoms with van der Waals surface area (Å²) in [6.45, 7) is 9.41. The summed E-state index contributed by atoms with van der Waals surface area (Å²) in [5.41, 5.74) is -0.654. The summed E-state index contributed by atoms with van der Waals surface area (Å²) in [4.78, 5) is 40.5. The first kappa shape index (κ1) is 23.2. The predicted molar refractivity (Wildman–Crippen MR) is 92.6 cm³/mol. The van der Waals surface area contributed by atoms with E-state index in [4.69, 9.17) is 14.3 Å². The van der Waals surface area contributed by atoms with E-state index in [9.17, 15) is 14.4 Å². The summed E-state index contributed by atoms with van der Waals surface area (Å²) in [5.74, 6) is -0.463. The zero-order chi connectivity index (χ0) is 19.6. The first-order valence-corrected chi connectivity index (χ1v) is 8.40. The van der Waals surface area contributed by atoms with Crippen LogP contribution < -0.4 is 5.32 Å². The molecule has 0 saturated carbocycles. The molecular formula is C17H32N2O6. The van der Waals surface area contributed by atoms with Crippen LogP contribution in [0.4, 0.5) is 4.79 Å². The summed E-state index contributed by atoms with van der Waals surface area (Å²) in [7, 11) is 2.88. The van der Waals surface area contributed by atoms with Gasteiger partial charge in [-0.05, 0) is 33.1 Å². The van der Waals surface area contributed by atoms with Crippen molar-refractivity contribution in [1.82, 2.24) is 10.4 Å². The number of nitrogens with one attached hydrogen (secondary N) is 1. The number of hydrogen-bond acceptors (Lipinski definition) is 6. The zero-order valence-corrected chi connectivity index (χ0v) is 16.4. The van der Waals surface area contributed by atoms with Crippen LogP contribution in [0, 0.1) is 5.92 Å². The average molecular weight is 360 g/mol. The number of amides is 2. The number of alkyl carbamates (subject to hydrolysis) is 1. The fourth-order valence-electron chi connectivity index (χ4n) is 1.78. The molecule has 0 fully saturated rings. The van der Waals surface area contributed by atoms with Crippen LogP contribution >= 0.6 is 0 Å². The Labute approximate surface area is 150 Å². The van der Waals surface area contributed by atoms with Crippen LogP contribution in [0.5, 0.6) is 0 Å². The van der Waals surface area contributed by atoms with Crippen LogP contribution in [0.2, 0.25) is 0 Å². The minimum Gasteiger partial charge on any atom is -0.465 e. The second-order valence-electron chi connectivity index (χ2n) is 7.24. The molecule has 0 aromatic carbocycles. The Bertz CT molecular complexity index is 445. The Morgan fingerprint density at radius 1 is 1.16 bits per heavy atom. The van der Waals surface area contributed by atoms with E-state index < -0.39 is 23.7 Å². The molecule has 0 aliphatic carbocycles. The number of nitrogens with zero attached hydrogens (tertiary/aromatic N) is 1. The van der Waals surface area contributed by atoms with Gasteiger partial charge >= 0.3 is 12.1 Å². The molecule has 0 aliphatic rings. The molecule has 0 saturated heterocycles. The minimum absolute atomic E-state index is 0.0318. The zero-order valence-electron chi connectivity index (χ0n) is 16.4. The molecule has 0 aromatic rings. The quantitative estimate of drug-likeness (QED) is 0.501. The number of carbonyl (C=O) groups excluding carboxylic acids is 3. The maximum absolute atomic E-state index is 11.9. The molecule has 0 rings (SSSR count). The molecule has 0 unspecified atom stereocenters. The van der Waals surface area contributed by atoms with Crippen molar-refractivity contribution in [2.45, 2.75) is 65.5 Å². The highest BCUT2D eigenvalue weighted by atomic mass is 16.7. The van der Waals surface area contributed by atoms with E-state index in [0.717, 1.165) is 5.06 Å². The summed E-state index contributed by atoms with van der Waals surface area (Å²) in [6, 6.07) is -0.566. The molecule has 0 aliphatic heterocycles. The molecule has 1 N–H and O–H groups in total.